The molecule has 1 aliphatic carbocycles. The van der Waals surface area contributed by atoms with Crippen LogP contribution in [0.4, 0.5) is 0 Å². The summed E-state index contributed by atoms with van der Waals surface area (Å²) in [5, 5.41) is 0. The second-order valence-corrected chi connectivity index (χ2v) is 2.09. The van der Waals surface area contributed by atoms with Crippen LogP contribution in [-0.2, 0) is 4.74 Å². The molecule has 2 nitrogen and oxygen atoms in total. The Hall–Kier alpha value is -0.0800. The van der Waals surface area contributed by atoms with Crippen molar-refractivity contribution in [2.75, 3.05) is 7.11 Å². The van der Waals surface area contributed by atoms with Crippen molar-refractivity contribution < 1.29 is 4.74 Å². The van der Waals surface area contributed by atoms with Crippen molar-refractivity contribution in [2.24, 2.45) is 5.73 Å². The number of methoxy groups -OCH3 is 1. The van der Waals surface area contributed by atoms with Crippen molar-refractivity contribution in [1.29, 1.82) is 0 Å². The van der Waals surface area contributed by atoms with Gasteiger partial charge in [0.25, 0.3) is 0 Å². The third kappa shape index (κ3) is 0.924. The summed E-state index contributed by atoms with van der Waals surface area (Å²) in [6.45, 7) is 0. The quantitative estimate of drug-likeness (QED) is 0.509. The molecule has 0 atom stereocenters. The Kier molecular flexibility index (Phi) is 1.30. The molecule has 2 N–H and O–H groups in total. The van der Waals surface area contributed by atoms with E-state index in [9.17, 15) is 0 Å². The van der Waals surface area contributed by atoms with E-state index in [1.807, 2.05) is 0 Å². The zero-order valence-electron chi connectivity index (χ0n) is 4.55. The minimum atomic E-state index is 0.421. The third-order valence-electron chi connectivity index (χ3n) is 1.46. The molecule has 1 fully saturated rings. The highest BCUT2D eigenvalue weighted by molar-refractivity contribution is 4.82. The second-order valence-electron chi connectivity index (χ2n) is 2.09. The molecule has 0 saturated heterocycles. The number of rotatable bonds is 1. The minimum absolute atomic E-state index is 0.421. The molecule has 0 heterocycles. The standard InChI is InChI=1S/C5H11NO/c1-7-5-2-4(6)3-5/h4-5H,2-3,6H2,1H3. The highest BCUT2D eigenvalue weighted by Gasteiger charge is 2.24. The van der Waals surface area contributed by atoms with E-state index >= 15 is 0 Å². The van der Waals surface area contributed by atoms with Crippen LogP contribution in [0.25, 0.3) is 0 Å². The van der Waals surface area contributed by atoms with Gasteiger partial charge in [-0.05, 0) is 12.8 Å². The predicted molar refractivity (Wildman–Crippen MR) is 28.0 cm³/mol. The first-order valence-electron chi connectivity index (χ1n) is 2.61. The van der Waals surface area contributed by atoms with Crippen molar-refractivity contribution in [3.8, 4) is 0 Å². The minimum Gasteiger partial charge on any atom is -0.381 e. The van der Waals surface area contributed by atoms with Gasteiger partial charge in [0.05, 0.1) is 6.10 Å². The average Bonchev–Trinajstić information content (AvgIpc) is 1.58. The number of hydrogen-bond donors (Lipinski definition) is 1. The van der Waals surface area contributed by atoms with E-state index < -0.39 is 0 Å². The summed E-state index contributed by atoms with van der Waals surface area (Å²) in [6.07, 6.45) is 2.57. The molecule has 0 aromatic heterocycles. The van der Waals surface area contributed by atoms with Crippen molar-refractivity contribution in [3.05, 3.63) is 0 Å². The van der Waals surface area contributed by atoms with Gasteiger partial charge in [-0.15, -0.1) is 0 Å². The normalized spacial score (nSPS) is 40.3. The monoisotopic (exact) mass is 101 g/mol. The summed E-state index contributed by atoms with van der Waals surface area (Å²) in [5.41, 5.74) is 5.46. The molecule has 1 saturated carbocycles. The molecule has 7 heavy (non-hydrogen) atoms. The van der Waals surface area contributed by atoms with Crippen LogP contribution in [0.2, 0.25) is 0 Å². The SMILES string of the molecule is COC1CC(N)C1. The smallest absolute Gasteiger partial charge is 0.0600 e. The maximum atomic E-state index is 5.46. The lowest BCUT2D eigenvalue weighted by Crippen LogP contribution is -2.40. The fourth-order valence-electron chi connectivity index (χ4n) is 0.799. The number of hydrogen-bond acceptors (Lipinski definition) is 2. The molecular formula is C5H11NO. The summed E-state index contributed by atoms with van der Waals surface area (Å²) < 4.78 is 4.98. The van der Waals surface area contributed by atoms with Crippen molar-refractivity contribution >= 4 is 0 Å². The zero-order valence-corrected chi connectivity index (χ0v) is 4.55. The first-order chi connectivity index (χ1) is 3.33. The predicted octanol–water partition coefficient (Wildman–Crippen LogP) is 0.122. The van der Waals surface area contributed by atoms with E-state index in [0.717, 1.165) is 12.8 Å². The Morgan fingerprint density at radius 2 is 2.14 bits per heavy atom. The maximum absolute atomic E-state index is 5.46. The van der Waals surface area contributed by atoms with Gasteiger partial charge in [0.15, 0.2) is 0 Å². The maximum Gasteiger partial charge on any atom is 0.0600 e. The van der Waals surface area contributed by atoms with Crippen LogP contribution in [0, 0.1) is 0 Å². The molecule has 42 valence electrons. The van der Waals surface area contributed by atoms with E-state index in [0.29, 0.717) is 12.1 Å². The third-order valence-corrected chi connectivity index (χ3v) is 1.46. The van der Waals surface area contributed by atoms with Crippen molar-refractivity contribution in [1.82, 2.24) is 0 Å². The van der Waals surface area contributed by atoms with E-state index in [4.69, 9.17) is 10.5 Å². The van der Waals surface area contributed by atoms with E-state index in [1.165, 1.54) is 0 Å². The van der Waals surface area contributed by atoms with Gasteiger partial charge in [0, 0.05) is 13.2 Å². The van der Waals surface area contributed by atoms with E-state index in [-0.39, 0.29) is 0 Å². The van der Waals surface area contributed by atoms with Gasteiger partial charge >= 0.3 is 0 Å². The fourth-order valence-corrected chi connectivity index (χ4v) is 0.799. The molecular weight excluding hydrogens is 90.1 g/mol. The lowest BCUT2D eigenvalue weighted by Gasteiger charge is -2.30. The molecule has 0 radical (unpaired) electrons. The van der Waals surface area contributed by atoms with Crippen LogP contribution >= 0.6 is 0 Å². The highest BCUT2D eigenvalue weighted by atomic mass is 16.5. The Balaban J connectivity index is 2.06. The molecule has 1 rings (SSSR count). The largest absolute Gasteiger partial charge is 0.381 e. The summed E-state index contributed by atoms with van der Waals surface area (Å²) in [7, 11) is 1.73. The molecule has 0 amide bonds. The first kappa shape index (κ1) is 5.06. The number of ether oxygens (including phenoxy) is 1. The van der Waals surface area contributed by atoms with Gasteiger partial charge in [0.1, 0.15) is 0 Å². The topological polar surface area (TPSA) is 35.2 Å². The Bertz CT molecular complexity index is 59.1. The molecule has 0 aromatic rings. The van der Waals surface area contributed by atoms with Gasteiger partial charge in [-0.1, -0.05) is 0 Å². The van der Waals surface area contributed by atoms with Gasteiger partial charge in [-0.2, -0.15) is 0 Å². The molecule has 1 aliphatic rings. The van der Waals surface area contributed by atoms with Crippen LogP contribution in [0.15, 0.2) is 0 Å². The molecule has 0 aromatic carbocycles. The van der Waals surface area contributed by atoms with Crippen LogP contribution in [0.1, 0.15) is 12.8 Å². The molecule has 2 heteroatoms. The molecule has 0 unspecified atom stereocenters. The van der Waals surface area contributed by atoms with Crippen LogP contribution in [0.5, 0.6) is 0 Å². The van der Waals surface area contributed by atoms with Gasteiger partial charge < -0.3 is 10.5 Å². The van der Waals surface area contributed by atoms with Gasteiger partial charge in [-0.25, -0.2) is 0 Å². The fraction of sp³-hybridized carbons (Fsp3) is 1.00. The van der Waals surface area contributed by atoms with Crippen molar-refractivity contribution in [3.63, 3.8) is 0 Å². The Labute approximate surface area is 43.6 Å². The lowest BCUT2D eigenvalue weighted by atomic mass is 9.90. The molecule has 0 bridgehead atoms. The zero-order chi connectivity index (χ0) is 5.28. The van der Waals surface area contributed by atoms with Crippen LogP contribution in [-0.4, -0.2) is 19.3 Å². The second kappa shape index (κ2) is 1.80. The summed E-state index contributed by atoms with van der Waals surface area (Å²) in [4.78, 5) is 0. The number of nitrogens with two attached hydrogens (primary N) is 1. The van der Waals surface area contributed by atoms with E-state index in [2.05, 4.69) is 0 Å². The van der Waals surface area contributed by atoms with Gasteiger partial charge in [0.2, 0.25) is 0 Å². The Morgan fingerprint density at radius 1 is 1.57 bits per heavy atom. The summed E-state index contributed by atoms with van der Waals surface area (Å²) >= 11 is 0. The van der Waals surface area contributed by atoms with Crippen LogP contribution < -0.4 is 5.73 Å². The van der Waals surface area contributed by atoms with Gasteiger partial charge in [-0.3, -0.25) is 0 Å². The highest BCUT2D eigenvalue weighted by Crippen LogP contribution is 2.19. The van der Waals surface area contributed by atoms with Crippen LogP contribution in [0.3, 0.4) is 0 Å². The summed E-state index contributed by atoms with van der Waals surface area (Å²) in [5.74, 6) is 0. The molecule has 0 aliphatic heterocycles. The Morgan fingerprint density at radius 3 is 2.29 bits per heavy atom. The van der Waals surface area contributed by atoms with E-state index in [1.54, 1.807) is 7.11 Å². The first-order valence-corrected chi connectivity index (χ1v) is 2.61. The average molecular weight is 101 g/mol. The lowest BCUT2D eigenvalue weighted by molar-refractivity contribution is 0.0279. The summed E-state index contributed by atoms with van der Waals surface area (Å²) in [6, 6.07) is 0.421. The van der Waals surface area contributed by atoms with Crippen molar-refractivity contribution in [2.45, 2.75) is 25.0 Å². The molecule has 0 spiro atoms.